The van der Waals surface area contributed by atoms with Crippen LogP contribution in [0.4, 0.5) is 5.95 Å². The maximum Gasteiger partial charge on any atom is 0.280 e. The lowest BCUT2D eigenvalue weighted by Gasteiger charge is -2.33. The molecule has 5 heterocycles. The number of ether oxygens (including phenoxy) is 3. The van der Waals surface area contributed by atoms with Crippen LogP contribution in [-0.4, -0.2) is 71.3 Å². The summed E-state index contributed by atoms with van der Waals surface area (Å²) in [5.74, 6) is -0.758. The molecular weight excluding hydrogens is 689 g/mol. The second-order valence-corrected chi connectivity index (χ2v) is 14.4. The number of anilines is 1. The molecule has 2 saturated heterocycles. The van der Waals surface area contributed by atoms with Crippen LogP contribution in [0.2, 0.25) is 0 Å². The maximum absolute atomic E-state index is 13.1. The highest BCUT2D eigenvalue weighted by molar-refractivity contribution is 7.71. The van der Waals surface area contributed by atoms with Gasteiger partial charge in [0.05, 0.1) is 18.6 Å². The Morgan fingerprint density at radius 3 is 2.51 bits per heavy atom. The Hall–Kier alpha value is -2.46. The van der Waals surface area contributed by atoms with Crippen molar-refractivity contribution >= 4 is 58.7 Å². The summed E-state index contributed by atoms with van der Waals surface area (Å²) in [7, 11) is -16.2. The number of aromatic nitrogens is 6. The minimum atomic E-state index is -6.15. The maximum atomic E-state index is 13.1. The number of imidazole rings is 1. The van der Waals surface area contributed by atoms with Gasteiger partial charge in [-0.3, -0.25) is 27.7 Å². The van der Waals surface area contributed by atoms with Crippen LogP contribution in [0.3, 0.4) is 0 Å². The Labute approximate surface area is 257 Å². The van der Waals surface area contributed by atoms with Crippen LogP contribution in [0.25, 0.3) is 11.2 Å². The average Bonchev–Trinajstić information content (AvgIpc) is 3.63. The Bertz CT molecular complexity index is 1840. The number of carbonyl (C=O) groups is 1. The van der Waals surface area contributed by atoms with E-state index in [4.69, 9.17) is 37.1 Å². The molecule has 8 atom stereocenters. The number of nitrogens with zero attached hydrogens (tertiary/aromatic N) is 5. The molecule has 7 unspecified atom stereocenters. The molecule has 0 bridgehead atoms. The normalized spacial score (nSPS) is 27.1. The predicted octanol–water partition coefficient (Wildman–Crippen LogP) is -1.81. The standard InChI is InChI=1S/C19H27N8O14P3S/c1-7-9(8(2)26(3)25-7)4-21-15(28)18-38-12-10(5-36-43(32,33)41-44(34,35)40-42(29,30)31)37-17(13(12)39-18)27-6-22-11-14(27)23-19(20)24-16(11)45/h6,10,12-13,17-18H,4-5H2,1-3H3,(H,21,28)(H,32,33)(H,34,35)(H2,29,30,31)(H3,20,23,24,45)/p-3/t10?,12?,13?,17?,18-/m1/s1. The number of aryl methyl sites for hydroxylation is 2. The fourth-order valence-electron chi connectivity index (χ4n) is 4.75. The van der Waals surface area contributed by atoms with Crippen molar-refractivity contribution in [3.05, 3.63) is 27.9 Å². The van der Waals surface area contributed by atoms with Gasteiger partial charge < -0.3 is 54.3 Å². The van der Waals surface area contributed by atoms with Gasteiger partial charge >= 0.3 is 0 Å². The van der Waals surface area contributed by atoms with Crippen LogP contribution in [0.1, 0.15) is 23.2 Å². The Balaban J connectivity index is 1.36. The second kappa shape index (κ2) is 12.3. The predicted molar refractivity (Wildman–Crippen MR) is 142 cm³/mol. The number of nitrogens with one attached hydrogen (secondary N) is 2. The van der Waals surface area contributed by atoms with Crippen LogP contribution in [0, 0.1) is 18.5 Å². The molecule has 3 aromatic rings. The van der Waals surface area contributed by atoms with Crippen molar-refractivity contribution in [3.8, 4) is 0 Å². The summed E-state index contributed by atoms with van der Waals surface area (Å²) in [5, 5.41) is 6.99. The molecule has 0 radical (unpaired) electrons. The highest BCUT2D eigenvalue weighted by Crippen LogP contribution is 2.61. The van der Waals surface area contributed by atoms with E-state index in [0.29, 0.717) is 5.69 Å². The van der Waals surface area contributed by atoms with Gasteiger partial charge in [0, 0.05) is 24.8 Å². The second-order valence-electron chi connectivity index (χ2n) is 9.69. The minimum absolute atomic E-state index is 0.0514. The van der Waals surface area contributed by atoms with Crippen molar-refractivity contribution in [2.45, 2.75) is 51.2 Å². The average molecular weight is 713 g/mol. The van der Waals surface area contributed by atoms with Crippen LogP contribution < -0.4 is 25.7 Å². The van der Waals surface area contributed by atoms with Gasteiger partial charge in [0.15, 0.2) is 16.8 Å². The summed E-state index contributed by atoms with van der Waals surface area (Å²) in [6.07, 6.45) is -5.11. The Morgan fingerprint density at radius 2 is 1.87 bits per heavy atom. The number of H-pyrrole nitrogens is 1. The van der Waals surface area contributed by atoms with Gasteiger partial charge in [-0.15, -0.1) is 0 Å². The van der Waals surface area contributed by atoms with Crippen molar-refractivity contribution in [3.63, 3.8) is 0 Å². The van der Waals surface area contributed by atoms with E-state index in [-0.39, 0.29) is 28.3 Å². The molecule has 3 aromatic heterocycles. The summed E-state index contributed by atoms with van der Waals surface area (Å²) in [4.78, 5) is 67.0. The van der Waals surface area contributed by atoms with E-state index in [2.05, 4.69) is 38.5 Å². The first-order valence-corrected chi connectivity index (χ1v) is 17.4. The van der Waals surface area contributed by atoms with E-state index in [0.717, 1.165) is 11.3 Å². The lowest BCUT2D eigenvalue weighted by Crippen LogP contribution is -2.38. The number of phosphoric ester groups is 1. The van der Waals surface area contributed by atoms with Crippen molar-refractivity contribution in [1.29, 1.82) is 0 Å². The van der Waals surface area contributed by atoms with E-state index in [1.54, 1.807) is 18.7 Å². The third-order valence-electron chi connectivity index (χ3n) is 6.70. The Kier molecular flexibility index (Phi) is 9.25. The lowest BCUT2D eigenvalue weighted by atomic mass is 10.1. The number of nitrogen functional groups attached to an aromatic ring is 1. The first kappa shape index (κ1) is 33.9. The number of amides is 1. The number of fused-ring (bicyclic) bond motifs is 2. The SMILES string of the molecule is Cc1nn(C)c(C)c1CNC(=O)[C@@H]1OC2C(COP(=O)([O-])OP(=O)([O-])OP(=O)([O-])O)OC(n3cnc4c(=S)nc(N)[nH]c43)C2O1. The number of aromatic amines is 1. The van der Waals surface area contributed by atoms with Crippen LogP contribution in [-0.2, 0) is 59.4 Å². The molecule has 45 heavy (non-hydrogen) atoms. The molecule has 0 aliphatic carbocycles. The number of phosphoric acid groups is 3. The first-order valence-electron chi connectivity index (χ1n) is 12.5. The smallest absolute Gasteiger partial charge is 0.280 e. The number of carbonyl (C=O) groups excluding carboxylic acids is 1. The largest absolute Gasteiger partial charge is 0.756 e. The van der Waals surface area contributed by atoms with Gasteiger partial charge in [-0.25, -0.2) is 18.6 Å². The Morgan fingerprint density at radius 1 is 1.18 bits per heavy atom. The summed E-state index contributed by atoms with van der Waals surface area (Å²) in [6.45, 7) is 2.70. The summed E-state index contributed by atoms with van der Waals surface area (Å²) in [5.41, 5.74) is 8.52. The zero-order valence-corrected chi connectivity index (χ0v) is 26.7. The number of hydrogen-bond acceptors (Lipinski definition) is 18. The van der Waals surface area contributed by atoms with Gasteiger partial charge in [0.25, 0.3) is 29.4 Å². The van der Waals surface area contributed by atoms with Gasteiger partial charge in [-0.05, 0) is 13.8 Å². The number of rotatable bonds is 11. The monoisotopic (exact) mass is 713 g/mol. The number of hydrogen-bond donors (Lipinski definition) is 4. The quantitative estimate of drug-likeness (QED) is 0.126. The molecule has 248 valence electrons. The molecule has 22 nitrogen and oxygen atoms in total. The lowest BCUT2D eigenvalue weighted by molar-refractivity contribution is -0.250. The van der Waals surface area contributed by atoms with Crippen molar-refractivity contribution in [1.82, 2.24) is 34.6 Å². The van der Waals surface area contributed by atoms with E-state index >= 15 is 0 Å². The molecule has 5 rings (SSSR count). The highest BCUT2D eigenvalue weighted by Gasteiger charge is 2.55. The van der Waals surface area contributed by atoms with Crippen LogP contribution in [0.5, 0.6) is 0 Å². The van der Waals surface area contributed by atoms with E-state index in [1.807, 2.05) is 6.92 Å². The molecule has 2 aliphatic heterocycles. The van der Waals surface area contributed by atoms with Crippen LogP contribution in [0.15, 0.2) is 6.33 Å². The zero-order chi connectivity index (χ0) is 33.1. The van der Waals surface area contributed by atoms with Crippen molar-refractivity contribution in [2.24, 2.45) is 7.05 Å². The fourth-order valence-corrected chi connectivity index (χ4v) is 7.89. The van der Waals surface area contributed by atoms with E-state index in [9.17, 15) is 33.2 Å². The summed E-state index contributed by atoms with van der Waals surface area (Å²) < 4.78 is 66.7. The summed E-state index contributed by atoms with van der Waals surface area (Å²) in [6, 6.07) is 0. The molecular formula is C19H24N8O14P3S-3. The van der Waals surface area contributed by atoms with Crippen molar-refractivity contribution in [2.75, 3.05) is 12.3 Å². The van der Waals surface area contributed by atoms with E-state index < -0.39 is 66.8 Å². The third kappa shape index (κ3) is 7.42. The molecule has 1 amide bonds. The highest BCUT2D eigenvalue weighted by atomic mass is 32.1. The number of nitrogens with two attached hydrogens (primary N) is 1. The van der Waals surface area contributed by atoms with Gasteiger partial charge in [0.2, 0.25) is 6.29 Å². The minimum Gasteiger partial charge on any atom is -0.756 e. The molecule has 0 spiro atoms. The first-order chi connectivity index (χ1) is 20.8. The van der Waals surface area contributed by atoms with Crippen LogP contribution >= 0.6 is 35.7 Å². The molecule has 2 aliphatic rings. The van der Waals surface area contributed by atoms with Gasteiger partial charge in [-0.2, -0.15) is 5.10 Å². The molecule has 2 fully saturated rings. The molecule has 0 aromatic carbocycles. The zero-order valence-electron chi connectivity index (χ0n) is 23.2. The molecule has 5 N–H and O–H groups in total. The van der Waals surface area contributed by atoms with Gasteiger partial charge in [-0.1, -0.05) is 12.2 Å². The molecule has 26 heteroatoms. The van der Waals surface area contributed by atoms with E-state index in [1.165, 1.54) is 10.9 Å². The summed E-state index contributed by atoms with van der Waals surface area (Å²) >= 11 is 5.19. The molecule has 0 saturated carbocycles. The van der Waals surface area contributed by atoms with Gasteiger partial charge in [0.1, 0.15) is 29.5 Å². The van der Waals surface area contributed by atoms with Crippen molar-refractivity contribution < 1.29 is 65.4 Å². The third-order valence-corrected chi connectivity index (χ3v) is 10.7. The fraction of sp³-hybridized carbons (Fsp3) is 0.526. The topological polar surface area (TPSA) is 315 Å².